The van der Waals surface area contributed by atoms with Gasteiger partial charge in [-0.15, -0.1) is 0 Å². The standard InChI is InChI=1S/C32H35N7O3/c1-37-20-27(18-35-37)26-16-29(30(33)34-17-26)31(40)36-28-8-9-39(21-28)32(41)25-7-3-6-24(15-25)23-5-2-4-22(14-23)19-38-10-12-42-13-11-38/h2-7,14-18,20,28H,8-13,19,21H2,1H3,(H2,33,34)(H,36,40)/t28-/m1/s1. The van der Waals surface area contributed by atoms with Crippen LogP contribution in [0.1, 0.15) is 32.7 Å². The molecule has 6 rings (SSSR count). The van der Waals surface area contributed by atoms with E-state index >= 15 is 0 Å². The van der Waals surface area contributed by atoms with Crippen molar-refractivity contribution in [3.8, 4) is 22.3 Å². The molecule has 4 aromatic rings. The van der Waals surface area contributed by atoms with Crippen LogP contribution in [0.5, 0.6) is 0 Å². The summed E-state index contributed by atoms with van der Waals surface area (Å²) < 4.78 is 7.16. The molecule has 2 fully saturated rings. The summed E-state index contributed by atoms with van der Waals surface area (Å²) in [5.41, 5.74) is 11.9. The smallest absolute Gasteiger partial charge is 0.255 e. The van der Waals surface area contributed by atoms with Crippen molar-refractivity contribution in [2.75, 3.05) is 45.1 Å². The average Bonchev–Trinajstić information content (AvgIpc) is 3.67. The molecule has 0 spiro atoms. The van der Waals surface area contributed by atoms with Crippen LogP contribution in [0.3, 0.4) is 0 Å². The monoisotopic (exact) mass is 565 g/mol. The third kappa shape index (κ3) is 6.19. The number of carbonyl (C=O) groups is 2. The van der Waals surface area contributed by atoms with E-state index in [0.29, 0.717) is 30.6 Å². The number of rotatable bonds is 7. The maximum Gasteiger partial charge on any atom is 0.255 e. The highest BCUT2D eigenvalue weighted by atomic mass is 16.5. The molecule has 0 unspecified atom stereocenters. The van der Waals surface area contributed by atoms with Crippen molar-refractivity contribution in [3.63, 3.8) is 0 Å². The molecule has 0 saturated carbocycles. The van der Waals surface area contributed by atoms with Crippen LogP contribution in [-0.2, 0) is 18.3 Å². The zero-order valence-corrected chi connectivity index (χ0v) is 23.7. The van der Waals surface area contributed by atoms with Gasteiger partial charge in [0.2, 0.25) is 0 Å². The quantitative estimate of drug-likeness (QED) is 0.353. The normalized spacial score (nSPS) is 17.4. The number of pyridine rings is 1. The van der Waals surface area contributed by atoms with Crippen LogP contribution in [-0.4, -0.2) is 81.8 Å². The molecule has 2 amide bonds. The molecule has 216 valence electrons. The van der Waals surface area contributed by atoms with Crippen LogP contribution in [0.4, 0.5) is 5.82 Å². The van der Waals surface area contributed by atoms with Gasteiger partial charge in [0.25, 0.3) is 11.8 Å². The minimum Gasteiger partial charge on any atom is -0.383 e. The van der Waals surface area contributed by atoms with E-state index in [4.69, 9.17) is 10.5 Å². The number of ether oxygens (including phenoxy) is 1. The first kappa shape index (κ1) is 27.6. The summed E-state index contributed by atoms with van der Waals surface area (Å²) in [5.74, 6) is -0.182. The molecule has 10 heteroatoms. The first-order chi connectivity index (χ1) is 20.4. The number of benzene rings is 2. The van der Waals surface area contributed by atoms with Gasteiger partial charge in [-0.1, -0.05) is 30.3 Å². The molecular formula is C32H35N7O3. The number of carbonyl (C=O) groups excluding carboxylic acids is 2. The molecule has 1 atom stereocenters. The highest BCUT2D eigenvalue weighted by molar-refractivity contribution is 6.00. The van der Waals surface area contributed by atoms with E-state index in [-0.39, 0.29) is 23.7 Å². The van der Waals surface area contributed by atoms with Crippen LogP contribution in [0.2, 0.25) is 0 Å². The van der Waals surface area contributed by atoms with E-state index in [1.54, 1.807) is 28.0 Å². The fourth-order valence-corrected chi connectivity index (χ4v) is 5.59. The number of morpholine rings is 1. The summed E-state index contributed by atoms with van der Waals surface area (Å²) in [6.07, 6.45) is 5.86. The van der Waals surface area contributed by atoms with E-state index in [2.05, 4.69) is 44.6 Å². The van der Waals surface area contributed by atoms with Crippen molar-refractivity contribution in [2.45, 2.75) is 19.0 Å². The van der Waals surface area contributed by atoms with Crippen LogP contribution in [0, 0.1) is 0 Å². The lowest BCUT2D eigenvalue weighted by Crippen LogP contribution is -2.38. The van der Waals surface area contributed by atoms with Gasteiger partial charge in [-0.3, -0.25) is 19.2 Å². The lowest BCUT2D eigenvalue weighted by Gasteiger charge is -2.26. The number of hydrogen-bond donors (Lipinski definition) is 2. The lowest BCUT2D eigenvalue weighted by atomic mass is 10.0. The summed E-state index contributed by atoms with van der Waals surface area (Å²) in [6, 6.07) is 17.8. The highest BCUT2D eigenvalue weighted by Crippen LogP contribution is 2.25. The zero-order valence-electron chi connectivity index (χ0n) is 23.7. The van der Waals surface area contributed by atoms with Crippen molar-refractivity contribution >= 4 is 17.6 Å². The van der Waals surface area contributed by atoms with Gasteiger partial charge in [-0.25, -0.2) is 4.98 Å². The molecule has 0 bridgehead atoms. The lowest BCUT2D eigenvalue weighted by molar-refractivity contribution is 0.0342. The van der Waals surface area contributed by atoms with Gasteiger partial charge in [0, 0.05) is 74.9 Å². The fraction of sp³-hybridized carbons (Fsp3) is 0.312. The second-order valence-corrected chi connectivity index (χ2v) is 10.9. The summed E-state index contributed by atoms with van der Waals surface area (Å²) in [6.45, 7) is 5.30. The van der Waals surface area contributed by atoms with Crippen LogP contribution in [0.25, 0.3) is 22.3 Å². The van der Waals surface area contributed by atoms with E-state index < -0.39 is 0 Å². The topological polar surface area (TPSA) is 119 Å². The largest absolute Gasteiger partial charge is 0.383 e. The Hall–Kier alpha value is -4.54. The molecule has 2 saturated heterocycles. The van der Waals surface area contributed by atoms with Gasteiger partial charge in [-0.2, -0.15) is 5.10 Å². The molecule has 4 heterocycles. The number of nitrogens with two attached hydrogens (primary N) is 1. The van der Waals surface area contributed by atoms with Gasteiger partial charge in [0.15, 0.2) is 0 Å². The van der Waals surface area contributed by atoms with Crippen LogP contribution < -0.4 is 11.1 Å². The Morgan fingerprint density at radius 1 is 0.976 bits per heavy atom. The SMILES string of the molecule is Cn1cc(-c2cnc(N)c(C(=O)N[C@@H]3CCN(C(=O)c4cccc(-c5cccc(CN6CCOCC6)c5)c4)C3)c2)cn1. The predicted octanol–water partition coefficient (Wildman–Crippen LogP) is 3.21. The highest BCUT2D eigenvalue weighted by Gasteiger charge is 2.29. The number of aromatic nitrogens is 3. The Bertz CT molecular complexity index is 1590. The van der Waals surface area contributed by atoms with Crippen molar-refractivity contribution < 1.29 is 14.3 Å². The van der Waals surface area contributed by atoms with Crippen molar-refractivity contribution in [2.24, 2.45) is 7.05 Å². The maximum absolute atomic E-state index is 13.5. The van der Waals surface area contributed by atoms with Gasteiger partial charge < -0.3 is 20.7 Å². The first-order valence-electron chi connectivity index (χ1n) is 14.3. The predicted molar refractivity (Wildman–Crippen MR) is 161 cm³/mol. The molecule has 2 aliphatic heterocycles. The Morgan fingerprint density at radius 2 is 1.76 bits per heavy atom. The summed E-state index contributed by atoms with van der Waals surface area (Å²) in [5, 5.41) is 7.23. The Labute approximate surface area is 245 Å². The van der Waals surface area contributed by atoms with E-state index in [1.165, 1.54) is 5.56 Å². The number of nitrogens with zero attached hydrogens (tertiary/aromatic N) is 5. The Kier molecular flexibility index (Phi) is 7.98. The fourth-order valence-electron chi connectivity index (χ4n) is 5.59. The molecule has 10 nitrogen and oxygen atoms in total. The summed E-state index contributed by atoms with van der Waals surface area (Å²) in [4.78, 5) is 35.0. The number of nitrogen functional groups attached to an aromatic ring is 1. The summed E-state index contributed by atoms with van der Waals surface area (Å²) in [7, 11) is 1.83. The van der Waals surface area contributed by atoms with Crippen LogP contribution in [0.15, 0.2) is 73.2 Å². The van der Waals surface area contributed by atoms with E-state index in [9.17, 15) is 9.59 Å². The van der Waals surface area contributed by atoms with E-state index in [1.807, 2.05) is 37.5 Å². The average molecular weight is 566 g/mol. The Morgan fingerprint density at radius 3 is 2.55 bits per heavy atom. The molecular weight excluding hydrogens is 530 g/mol. The second kappa shape index (κ2) is 12.1. The number of nitrogens with one attached hydrogen (secondary N) is 1. The molecule has 2 aliphatic rings. The van der Waals surface area contributed by atoms with Gasteiger partial charge in [0.05, 0.1) is 25.0 Å². The number of amides is 2. The van der Waals surface area contributed by atoms with Gasteiger partial charge in [0.1, 0.15) is 5.82 Å². The molecule has 2 aromatic heterocycles. The van der Waals surface area contributed by atoms with Gasteiger partial charge >= 0.3 is 0 Å². The number of aryl methyl sites for hydroxylation is 1. The number of anilines is 1. The number of likely N-dealkylation sites (tertiary alicyclic amines) is 1. The zero-order chi connectivity index (χ0) is 29.1. The minimum atomic E-state index is -0.302. The third-order valence-corrected chi connectivity index (χ3v) is 7.89. The molecule has 0 aliphatic carbocycles. The summed E-state index contributed by atoms with van der Waals surface area (Å²) >= 11 is 0. The van der Waals surface area contributed by atoms with Gasteiger partial charge in [-0.05, 0) is 47.4 Å². The van der Waals surface area contributed by atoms with Crippen molar-refractivity contribution in [3.05, 3.63) is 89.9 Å². The maximum atomic E-state index is 13.5. The number of hydrogen-bond acceptors (Lipinski definition) is 7. The Balaban J connectivity index is 1.10. The first-order valence-corrected chi connectivity index (χ1v) is 14.3. The third-order valence-electron chi connectivity index (χ3n) is 7.89. The molecule has 0 radical (unpaired) electrons. The second-order valence-electron chi connectivity index (χ2n) is 10.9. The molecule has 2 aromatic carbocycles. The van der Waals surface area contributed by atoms with Crippen molar-refractivity contribution in [1.29, 1.82) is 0 Å². The van der Waals surface area contributed by atoms with Crippen LogP contribution >= 0.6 is 0 Å². The molecule has 42 heavy (non-hydrogen) atoms. The molecule has 3 N–H and O–H groups in total. The van der Waals surface area contributed by atoms with Crippen molar-refractivity contribution in [1.82, 2.24) is 29.9 Å². The minimum absolute atomic E-state index is 0.0437. The van der Waals surface area contributed by atoms with E-state index in [0.717, 1.165) is 55.1 Å².